The molecular weight excluding hydrogens is 391 g/mol. The van der Waals surface area contributed by atoms with E-state index in [0.717, 1.165) is 5.56 Å². The van der Waals surface area contributed by atoms with E-state index in [2.05, 4.69) is 20.8 Å². The summed E-state index contributed by atoms with van der Waals surface area (Å²) in [5.41, 5.74) is 1.53. The van der Waals surface area contributed by atoms with Crippen molar-refractivity contribution in [1.82, 2.24) is 24.9 Å². The molecule has 3 aromatic rings. The number of carbonyl (C=O) groups excluding carboxylic acids is 2. The van der Waals surface area contributed by atoms with E-state index in [9.17, 15) is 9.59 Å². The monoisotopic (exact) mass is 406 g/mol. The molecule has 8 nitrogen and oxygen atoms in total. The smallest absolute Gasteiger partial charge is 0.271 e. The number of hydrogen-bond donors (Lipinski definition) is 2. The van der Waals surface area contributed by atoms with Gasteiger partial charge in [0.25, 0.3) is 11.8 Å². The van der Waals surface area contributed by atoms with Crippen molar-refractivity contribution in [2.75, 3.05) is 5.32 Å². The summed E-state index contributed by atoms with van der Waals surface area (Å²) in [7, 11) is 3.40. The number of aromatic nitrogens is 4. The molecule has 2 aromatic heterocycles. The van der Waals surface area contributed by atoms with Crippen molar-refractivity contribution >= 4 is 40.7 Å². The molecule has 10 heteroatoms. The Labute approximate surface area is 165 Å². The number of halogens is 2. The largest absolute Gasteiger partial charge is 0.346 e. The van der Waals surface area contributed by atoms with E-state index >= 15 is 0 Å². The molecule has 3 rings (SSSR count). The molecule has 1 aromatic carbocycles. The first kappa shape index (κ1) is 18.9. The fraction of sp³-hybridized carbons (Fsp3) is 0.176. The zero-order valence-electron chi connectivity index (χ0n) is 14.5. The van der Waals surface area contributed by atoms with Crippen LogP contribution in [0.15, 0.2) is 36.8 Å². The fourth-order valence-corrected chi connectivity index (χ4v) is 2.88. The molecule has 140 valence electrons. The van der Waals surface area contributed by atoms with Crippen molar-refractivity contribution in [2.45, 2.75) is 6.54 Å². The maximum atomic E-state index is 12.6. The molecule has 0 aliphatic heterocycles. The molecule has 2 heterocycles. The molecule has 0 fully saturated rings. The highest BCUT2D eigenvalue weighted by molar-refractivity contribution is 6.44. The van der Waals surface area contributed by atoms with E-state index in [4.69, 9.17) is 23.2 Å². The molecule has 0 aliphatic rings. The van der Waals surface area contributed by atoms with Crippen molar-refractivity contribution in [3.8, 4) is 0 Å². The number of rotatable bonds is 5. The molecule has 0 spiro atoms. The Morgan fingerprint density at radius 3 is 2.59 bits per heavy atom. The second-order valence-electron chi connectivity index (χ2n) is 5.79. The maximum absolute atomic E-state index is 12.6. The normalized spacial score (nSPS) is 10.7. The van der Waals surface area contributed by atoms with E-state index < -0.39 is 5.91 Å². The van der Waals surface area contributed by atoms with Crippen molar-refractivity contribution < 1.29 is 9.59 Å². The number of benzene rings is 1. The Kier molecular flexibility index (Phi) is 5.48. The molecule has 0 bridgehead atoms. The molecule has 0 radical (unpaired) electrons. The van der Waals surface area contributed by atoms with Crippen molar-refractivity contribution in [2.24, 2.45) is 14.1 Å². The van der Waals surface area contributed by atoms with Gasteiger partial charge in [-0.2, -0.15) is 10.2 Å². The fourth-order valence-electron chi connectivity index (χ4n) is 2.50. The second-order valence-corrected chi connectivity index (χ2v) is 6.58. The van der Waals surface area contributed by atoms with Crippen LogP contribution < -0.4 is 10.6 Å². The van der Waals surface area contributed by atoms with Crippen molar-refractivity contribution in [3.63, 3.8) is 0 Å². The van der Waals surface area contributed by atoms with Gasteiger partial charge in [-0.15, -0.1) is 0 Å². The predicted octanol–water partition coefficient (Wildman–Crippen LogP) is 2.64. The molecular formula is C17H16Cl2N6O2. The Hall–Kier alpha value is -2.84. The summed E-state index contributed by atoms with van der Waals surface area (Å²) >= 11 is 12.0. The minimum absolute atomic E-state index is 0.142. The van der Waals surface area contributed by atoms with Gasteiger partial charge < -0.3 is 10.6 Å². The van der Waals surface area contributed by atoms with E-state index in [1.165, 1.54) is 10.9 Å². The number of anilines is 1. The minimum Gasteiger partial charge on any atom is -0.346 e. The third-order valence-corrected chi connectivity index (χ3v) is 4.63. The molecule has 2 N–H and O–H groups in total. The number of nitrogens with zero attached hydrogens (tertiary/aromatic N) is 4. The lowest BCUT2D eigenvalue weighted by Crippen LogP contribution is -2.26. The van der Waals surface area contributed by atoms with Gasteiger partial charge in [-0.1, -0.05) is 29.3 Å². The van der Waals surface area contributed by atoms with Crippen LogP contribution in [-0.4, -0.2) is 31.4 Å². The van der Waals surface area contributed by atoms with Gasteiger partial charge in [-0.05, 0) is 12.1 Å². The van der Waals surface area contributed by atoms with Gasteiger partial charge in [0, 0.05) is 32.4 Å². The Bertz CT molecular complexity index is 1010. The van der Waals surface area contributed by atoms with Gasteiger partial charge in [0.2, 0.25) is 0 Å². The minimum atomic E-state index is -0.489. The van der Waals surface area contributed by atoms with Crippen molar-refractivity contribution in [3.05, 3.63) is 63.7 Å². The van der Waals surface area contributed by atoms with E-state index in [0.29, 0.717) is 6.54 Å². The van der Waals surface area contributed by atoms with Crippen LogP contribution in [0.4, 0.5) is 5.69 Å². The summed E-state index contributed by atoms with van der Waals surface area (Å²) in [5, 5.41) is 13.9. The van der Waals surface area contributed by atoms with Gasteiger partial charge in [0.1, 0.15) is 5.69 Å². The SMILES string of the molecule is Cn1cc(CNC(=O)c2c(NC(=O)c3cccc(Cl)c3Cl)cnn2C)cn1. The highest BCUT2D eigenvalue weighted by Gasteiger charge is 2.20. The number of hydrogen-bond acceptors (Lipinski definition) is 4. The van der Waals surface area contributed by atoms with Crippen LogP contribution in [0.3, 0.4) is 0 Å². The van der Waals surface area contributed by atoms with E-state index in [1.54, 1.807) is 49.4 Å². The summed E-state index contributed by atoms with van der Waals surface area (Å²) in [6.07, 6.45) is 4.86. The number of nitrogens with one attached hydrogen (secondary N) is 2. The second kappa shape index (κ2) is 7.81. The summed E-state index contributed by atoms with van der Waals surface area (Å²) in [4.78, 5) is 25.1. The van der Waals surface area contributed by atoms with Crippen LogP contribution in [0.5, 0.6) is 0 Å². The molecule has 0 saturated heterocycles. The van der Waals surface area contributed by atoms with Crippen LogP contribution in [0.2, 0.25) is 10.0 Å². The highest BCUT2D eigenvalue weighted by Crippen LogP contribution is 2.26. The molecule has 0 unspecified atom stereocenters. The lowest BCUT2D eigenvalue weighted by molar-refractivity contribution is 0.0942. The van der Waals surface area contributed by atoms with Crippen molar-refractivity contribution in [1.29, 1.82) is 0 Å². The first-order valence-corrected chi connectivity index (χ1v) is 8.65. The number of carbonyl (C=O) groups is 2. The maximum Gasteiger partial charge on any atom is 0.271 e. The molecule has 0 atom stereocenters. The van der Waals surface area contributed by atoms with Gasteiger partial charge in [-0.25, -0.2) is 0 Å². The van der Waals surface area contributed by atoms with Gasteiger partial charge in [-0.3, -0.25) is 19.0 Å². The Morgan fingerprint density at radius 2 is 1.89 bits per heavy atom. The lowest BCUT2D eigenvalue weighted by atomic mass is 10.2. The summed E-state index contributed by atoms with van der Waals surface area (Å²) in [6.45, 7) is 0.297. The zero-order valence-corrected chi connectivity index (χ0v) is 16.0. The Morgan fingerprint density at radius 1 is 1.11 bits per heavy atom. The number of aryl methyl sites for hydroxylation is 2. The molecule has 27 heavy (non-hydrogen) atoms. The van der Waals surface area contributed by atoms with Gasteiger partial charge >= 0.3 is 0 Å². The zero-order chi connectivity index (χ0) is 19.6. The van der Waals surface area contributed by atoms with Crippen LogP contribution in [0, 0.1) is 0 Å². The average Bonchev–Trinajstić information content (AvgIpc) is 3.20. The predicted molar refractivity (Wildman–Crippen MR) is 102 cm³/mol. The number of amides is 2. The van der Waals surface area contributed by atoms with Gasteiger partial charge in [0.05, 0.1) is 33.7 Å². The summed E-state index contributed by atoms with van der Waals surface area (Å²) in [5.74, 6) is -0.872. The first-order chi connectivity index (χ1) is 12.9. The summed E-state index contributed by atoms with van der Waals surface area (Å²) in [6, 6.07) is 4.75. The first-order valence-electron chi connectivity index (χ1n) is 7.90. The standard InChI is InChI=1S/C17H16Cl2N6O2/c1-24-9-10(7-21-24)6-20-17(27)15-13(8-22-25(15)2)23-16(26)11-4-3-5-12(18)14(11)19/h3-5,7-9H,6H2,1-2H3,(H,20,27)(H,23,26). The summed E-state index contributed by atoms with van der Waals surface area (Å²) < 4.78 is 3.03. The van der Waals surface area contributed by atoms with Crippen LogP contribution in [0.25, 0.3) is 0 Å². The Balaban J connectivity index is 1.76. The van der Waals surface area contributed by atoms with E-state index in [1.807, 2.05) is 0 Å². The van der Waals surface area contributed by atoms with Crippen LogP contribution >= 0.6 is 23.2 Å². The third kappa shape index (κ3) is 4.12. The van der Waals surface area contributed by atoms with Gasteiger partial charge in [0.15, 0.2) is 0 Å². The molecule has 0 saturated carbocycles. The topological polar surface area (TPSA) is 93.8 Å². The molecule has 0 aliphatic carbocycles. The quantitative estimate of drug-likeness (QED) is 0.680. The lowest BCUT2D eigenvalue weighted by Gasteiger charge is -2.09. The highest BCUT2D eigenvalue weighted by atomic mass is 35.5. The third-order valence-electron chi connectivity index (χ3n) is 3.81. The van der Waals surface area contributed by atoms with E-state index in [-0.39, 0.29) is 32.9 Å². The average molecular weight is 407 g/mol. The van der Waals surface area contributed by atoms with Crippen LogP contribution in [-0.2, 0) is 20.6 Å². The molecule has 2 amide bonds. The van der Waals surface area contributed by atoms with Crippen LogP contribution in [0.1, 0.15) is 26.4 Å².